The number of fused-ring (bicyclic) bond motifs is 1. The second-order valence-electron chi connectivity index (χ2n) is 5.86. The molecule has 1 aromatic carbocycles. The van der Waals surface area contributed by atoms with Crippen molar-refractivity contribution < 1.29 is 28.6 Å². The van der Waals surface area contributed by atoms with Crippen molar-refractivity contribution in [2.24, 2.45) is 0 Å². The normalized spacial score (nSPS) is 13.2. The van der Waals surface area contributed by atoms with Gasteiger partial charge in [0, 0.05) is 19.0 Å². The van der Waals surface area contributed by atoms with Crippen molar-refractivity contribution in [1.29, 1.82) is 0 Å². The smallest absolute Gasteiger partial charge is 0.339 e. The molecule has 0 bridgehead atoms. The van der Waals surface area contributed by atoms with E-state index in [1.165, 1.54) is 11.0 Å². The SMILES string of the molecule is Cc1oc(CN(C)C(=O)c2ccc3c(c2)OCCCO3)cc1C(=O)O. The average Bonchev–Trinajstić information content (AvgIpc) is 2.80. The van der Waals surface area contributed by atoms with Gasteiger partial charge in [0.2, 0.25) is 0 Å². The van der Waals surface area contributed by atoms with E-state index in [0.717, 1.165) is 6.42 Å². The first-order valence-electron chi connectivity index (χ1n) is 7.93. The van der Waals surface area contributed by atoms with Gasteiger partial charge in [-0.05, 0) is 31.2 Å². The first-order valence-corrected chi connectivity index (χ1v) is 7.93. The molecule has 7 heteroatoms. The zero-order valence-corrected chi connectivity index (χ0v) is 14.1. The fraction of sp³-hybridized carbons (Fsp3) is 0.333. The topological polar surface area (TPSA) is 89.2 Å². The van der Waals surface area contributed by atoms with Crippen molar-refractivity contribution in [2.45, 2.75) is 19.9 Å². The largest absolute Gasteiger partial charge is 0.490 e. The fourth-order valence-corrected chi connectivity index (χ4v) is 2.66. The molecule has 1 aliphatic heterocycles. The Labute approximate surface area is 144 Å². The monoisotopic (exact) mass is 345 g/mol. The molecule has 25 heavy (non-hydrogen) atoms. The summed E-state index contributed by atoms with van der Waals surface area (Å²) in [7, 11) is 1.63. The van der Waals surface area contributed by atoms with E-state index < -0.39 is 5.97 Å². The van der Waals surface area contributed by atoms with Crippen molar-refractivity contribution in [3.05, 3.63) is 46.9 Å². The molecule has 0 atom stereocenters. The van der Waals surface area contributed by atoms with Crippen LogP contribution in [0.25, 0.3) is 0 Å². The van der Waals surface area contributed by atoms with Gasteiger partial charge in [-0.15, -0.1) is 0 Å². The van der Waals surface area contributed by atoms with Crippen molar-refractivity contribution in [1.82, 2.24) is 4.90 Å². The third-order valence-electron chi connectivity index (χ3n) is 3.93. The number of carboxylic acid groups (broad SMARTS) is 1. The molecule has 1 aromatic heterocycles. The van der Waals surface area contributed by atoms with E-state index in [2.05, 4.69) is 0 Å². The molecule has 0 radical (unpaired) electrons. The zero-order chi connectivity index (χ0) is 18.0. The lowest BCUT2D eigenvalue weighted by molar-refractivity contribution is 0.0694. The van der Waals surface area contributed by atoms with E-state index in [-0.39, 0.29) is 18.0 Å². The molecule has 3 rings (SSSR count). The first kappa shape index (κ1) is 16.9. The summed E-state index contributed by atoms with van der Waals surface area (Å²) in [5.74, 6) is 0.646. The highest BCUT2D eigenvalue weighted by atomic mass is 16.5. The number of hydrogen-bond acceptors (Lipinski definition) is 5. The molecule has 2 aromatic rings. The molecule has 2 heterocycles. The Bertz CT molecular complexity index is 810. The van der Waals surface area contributed by atoms with Crippen LogP contribution < -0.4 is 9.47 Å². The average molecular weight is 345 g/mol. The Hall–Kier alpha value is -2.96. The Morgan fingerprint density at radius 3 is 2.56 bits per heavy atom. The lowest BCUT2D eigenvalue weighted by Crippen LogP contribution is -2.26. The molecule has 1 N–H and O–H groups in total. The third kappa shape index (κ3) is 3.60. The molecular weight excluding hydrogens is 326 g/mol. The fourth-order valence-electron chi connectivity index (χ4n) is 2.66. The van der Waals surface area contributed by atoms with E-state index in [4.69, 9.17) is 19.0 Å². The summed E-state index contributed by atoms with van der Waals surface area (Å²) >= 11 is 0. The minimum Gasteiger partial charge on any atom is -0.490 e. The molecule has 0 unspecified atom stereocenters. The van der Waals surface area contributed by atoms with Crippen LogP contribution in [0.3, 0.4) is 0 Å². The number of aryl methyl sites for hydroxylation is 1. The van der Waals surface area contributed by atoms with Crippen LogP contribution in [0.4, 0.5) is 0 Å². The van der Waals surface area contributed by atoms with Gasteiger partial charge in [-0.1, -0.05) is 0 Å². The number of ether oxygens (including phenoxy) is 2. The van der Waals surface area contributed by atoms with Crippen LogP contribution in [0.5, 0.6) is 11.5 Å². The Balaban J connectivity index is 1.75. The number of amides is 1. The van der Waals surface area contributed by atoms with Crippen LogP contribution in [-0.2, 0) is 6.54 Å². The van der Waals surface area contributed by atoms with Crippen LogP contribution in [0, 0.1) is 6.92 Å². The molecule has 0 saturated heterocycles. The number of nitrogens with zero attached hydrogens (tertiary/aromatic N) is 1. The van der Waals surface area contributed by atoms with Crippen molar-refractivity contribution in [2.75, 3.05) is 20.3 Å². The van der Waals surface area contributed by atoms with Gasteiger partial charge in [-0.25, -0.2) is 4.79 Å². The van der Waals surface area contributed by atoms with Crippen LogP contribution in [0.15, 0.2) is 28.7 Å². The van der Waals surface area contributed by atoms with E-state index in [1.54, 1.807) is 32.2 Å². The third-order valence-corrected chi connectivity index (χ3v) is 3.93. The van der Waals surface area contributed by atoms with Crippen LogP contribution in [0.1, 0.15) is 38.7 Å². The van der Waals surface area contributed by atoms with Crippen LogP contribution >= 0.6 is 0 Å². The van der Waals surface area contributed by atoms with Gasteiger partial charge in [-0.2, -0.15) is 0 Å². The van der Waals surface area contributed by atoms with E-state index in [1.807, 2.05) is 0 Å². The van der Waals surface area contributed by atoms with Gasteiger partial charge in [0.1, 0.15) is 17.1 Å². The number of carbonyl (C=O) groups is 2. The second-order valence-corrected chi connectivity index (χ2v) is 5.86. The number of aromatic carboxylic acids is 1. The van der Waals surface area contributed by atoms with E-state index in [9.17, 15) is 9.59 Å². The minimum absolute atomic E-state index is 0.103. The number of benzene rings is 1. The number of carbonyl (C=O) groups excluding carboxylic acids is 1. The number of furan rings is 1. The Kier molecular flexibility index (Phi) is 4.65. The molecule has 0 saturated carbocycles. The van der Waals surface area contributed by atoms with Gasteiger partial charge in [0.15, 0.2) is 11.5 Å². The van der Waals surface area contributed by atoms with E-state index >= 15 is 0 Å². The number of rotatable bonds is 4. The minimum atomic E-state index is -1.05. The second kappa shape index (κ2) is 6.88. The lowest BCUT2D eigenvalue weighted by Gasteiger charge is -2.17. The molecule has 1 aliphatic rings. The van der Waals surface area contributed by atoms with E-state index in [0.29, 0.717) is 41.8 Å². The molecule has 7 nitrogen and oxygen atoms in total. The predicted molar refractivity (Wildman–Crippen MR) is 88.3 cm³/mol. The Morgan fingerprint density at radius 2 is 1.88 bits per heavy atom. The highest BCUT2D eigenvalue weighted by Gasteiger charge is 2.19. The maximum atomic E-state index is 12.6. The molecule has 1 amide bonds. The van der Waals surface area contributed by atoms with Crippen molar-refractivity contribution >= 4 is 11.9 Å². The molecule has 0 fully saturated rings. The molecule has 0 spiro atoms. The highest BCUT2D eigenvalue weighted by Crippen LogP contribution is 2.31. The summed E-state index contributed by atoms with van der Waals surface area (Å²) in [5.41, 5.74) is 0.569. The van der Waals surface area contributed by atoms with Gasteiger partial charge in [0.05, 0.1) is 19.8 Å². The van der Waals surface area contributed by atoms with Gasteiger partial charge in [0.25, 0.3) is 5.91 Å². The highest BCUT2D eigenvalue weighted by molar-refractivity contribution is 5.94. The Morgan fingerprint density at radius 1 is 1.16 bits per heavy atom. The first-order chi connectivity index (χ1) is 12.0. The van der Waals surface area contributed by atoms with Crippen molar-refractivity contribution in [3.63, 3.8) is 0 Å². The molecular formula is C18H19NO6. The predicted octanol–water partition coefficient (Wildman–Crippen LogP) is 2.72. The van der Waals surface area contributed by atoms with Gasteiger partial charge in [-0.3, -0.25) is 4.79 Å². The maximum Gasteiger partial charge on any atom is 0.339 e. The number of carboxylic acids is 1. The summed E-state index contributed by atoms with van der Waals surface area (Å²) in [6.45, 7) is 2.88. The van der Waals surface area contributed by atoms with Gasteiger partial charge >= 0.3 is 5.97 Å². The van der Waals surface area contributed by atoms with Crippen LogP contribution in [0.2, 0.25) is 0 Å². The van der Waals surface area contributed by atoms with Crippen molar-refractivity contribution in [3.8, 4) is 11.5 Å². The molecule has 0 aliphatic carbocycles. The summed E-state index contributed by atoms with van der Waals surface area (Å²) in [6, 6.07) is 6.51. The lowest BCUT2D eigenvalue weighted by atomic mass is 10.1. The summed E-state index contributed by atoms with van der Waals surface area (Å²) in [6.07, 6.45) is 0.793. The maximum absolute atomic E-state index is 12.6. The standard InChI is InChI=1S/C18H19NO6/c1-11-14(18(21)22)9-13(25-11)10-19(2)17(20)12-4-5-15-16(8-12)24-7-3-6-23-15/h4-5,8-9H,3,6-7,10H2,1-2H3,(H,21,22). The quantitative estimate of drug-likeness (QED) is 0.916. The molecule has 132 valence electrons. The van der Waals surface area contributed by atoms with Gasteiger partial charge < -0.3 is 23.9 Å². The van der Waals surface area contributed by atoms with Crippen LogP contribution in [-0.4, -0.2) is 42.1 Å². The summed E-state index contributed by atoms with van der Waals surface area (Å²) in [5, 5.41) is 9.07. The summed E-state index contributed by atoms with van der Waals surface area (Å²) in [4.78, 5) is 25.2. The zero-order valence-electron chi connectivity index (χ0n) is 14.1. The number of hydrogen-bond donors (Lipinski definition) is 1. The summed E-state index contributed by atoms with van der Waals surface area (Å²) < 4.78 is 16.6.